The first-order chi connectivity index (χ1) is 17.6. The Morgan fingerprint density at radius 1 is 1.17 bits per heavy atom. The van der Waals surface area contributed by atoms with Gasteiger partial charge in [-0.15, -0.1) is 0 Å². The van der Waals surface area contributed by atoms with Crippen LogP contribution in [-0.4, -0.2) is 85.6 Å². The highest BCUT2D eigenvalue weighted by atomic mass is 16.5. The van der Waals surface area contributed by atoms with Gasteiger partial charge in [0.1, 0.15) is 12.1 Å². The van der Waals surface area contributed by atoms with E-state index >= 15 is 0 Å². The molecule has 0 saturated carbocycles. The zero-order valence-corrected chi connectivity index (χ0v) is 20.3. The van der Waals surface area contributed by atoms with Gasteiger partial charge in [-0.05, 0) is 17.5 Å². The Kier molecular flexibility index (Phi) is 5.86. The number of H-pyrrole nitrogens is 1. The Bertz CT molecular complexity index is 1340. The number of anilines is 1. The van der Waals surface area contributed by atoms with E-state index < -0.39 is 0 Å². The minimum atomic E-state index is -0.0304. The van der Waals surface area contributed by atoms with Gasteiger partial charge < -0.3 is 15.0 Å². The van der Waals surface area contributed by atoms with Crippen LogP contribution >= 0.6 is 0 Å². The molecule has 11 heteroatoms. The van der Waals surface area contributed by atoms with Crippen molar-refractivity contribution in [3.63, 3.8) is 0 Å². The number of morpholine rings is 1. The lowest BCUT2D eigenvalue weighted by molar-refractivity contribution is 0.0144. The molecular weight excluding hydrogens is 458 g/mol. The summed E-state index contributed by atoms with van der Waals surface area (Å²) in [7, 11) is 0. The smallest absolute Gasteiger partial charge is 0.326 e. The van der Waals surface area contributed by atoms with Crippen LogP contribution < -0.4 is 10.2 Å². The Morgan fingerprint density at radius 3 is 2.72 bits per heavy atom. The van der Waals surface area contributed by atoms with Gasteiger partial charge in [0.05, 0.1) is 24.9 Å². The van der Waals surface area contributed by atoms with E-state index in [1.807, 2.05) is 46.3 Å². The molecule has 0 aliphatic carbocycles. The number of aromatic nitrogens is 6. The highest BCUT2D eigenvalue weighted by Gasteiger charge is 2.41. The van der Waals surface area contributed by atoms with Crippen LogP contribution in [0.15, 0.2) is 49.1 Å². The number of rotatable bonds is 6. The number of amides is 2. The van der Waals surface area contributed by atoms with E-state index in [0.717, 1.165) is 29.8 Å². The fraction of sp³-hybridized carbons (Fsp3) is 0.400. The third-order valence-corrected chi connectivity index (χ3v) is 6.90. The van der Waals surface area contributed by atoms with Crippen molar-refractivity contribution in [3.8, 4) is 22.5 Å². The fourth-order valence-corrected chi connectivity index (χ4v) is 4.94. The molecule has 186 valence electrons. The number of urea groups is 1. The van der Waals surface area contributed by atoms with Crippen LogP contribution in [0, 0.1) is 5.92 Å². The third-order valence-electron chi connectivity index (χ3n) is 6.90. The number of fused-ring (bicyclic) bond motifs is 1. The number of hydrogen-bond donors (Lipinski definition) is 2. The van der Waals surface area contributed by atoms with E-state index in [-0.39, 0.29) is 24.1 Å². The highest BCUT2D eigenvalue weighted by Crippen LogP contribution is 2.31. The van der Waals surface area contributed by atoms with Crippen LogP contribution in [-0.2, 0) is 4.74 Å². The van der Waals surface area contributed by atoms with Gasteiger partial charge in [0, 0.05) is 43.5 Å². The average molecular weight is 488 g/mol. The lowest BCUT2D eigenvalue weighted by atomic mass is 10.0. The predicted molar refractivity (Wildman–Crippen MR) is 134 cm³/mol. The molecule has 2 aliphatic rings. The molecule has 0 bridgehead atoms. The highest BCUT2D eigenvalue weighted by molar-refractivity contribution is 5.94. The van der Waals surface area contributed by atoms with Gasteiger partial charge in [-0.3, -0.25) is 10.00 Å². The lowest BCUT2D eigenvalue weighted by Gasteiger charge is -2.27. The summed E-state index contributed by atoms with van der Waals surface area (Å²) >= 11 is 0. The standard InChI is InChI=1S/C25H29N9O2/c1-16(2)21-14-32(13-19-11-26-8-10-36-19)25(35)34(21)22-7-9-33-24(30-22)20(12-29-33)17-3-5-18(6-4-17)23-27-15-28-31-23/h3-7,9,12,15-16,19,21,26H,8,10-11,13-14H2,1-2H3,(H,27,28,31). The molecule has 36 heavy (non-hydrogen) atoms. The lowest BCUT2D eigenvalue weighted by Crippen LogP contribution is -2.46. The molecule has 2 N–H and O–H groups in total. The molecule has 2 aliphatic heterocycles. The van der Waals surface area contributed by atoms with Gasteiger partial charge >= 0.3 is 6.03 Å². The number of carbonyl (C=O) groups excluding carboxylic acids is 1. The van der Waals surface area contributed by atoms with Crippen LogP contribution in [0.5, 0.6) is 0 Å². The fourth-order valence-electron chi connectivity index (χ4n) is 4.94. The van der Waals surface area contributed by atoms with E-state index in [4.69, 9.17) is 9.72 Å². The van der Waals surface area contributed by atoms with Gasteiger partial charge in [0.2, 0.25) is 0 Å². The van der Waals surface area contributed by atoms with Crippen LogP contribution in [0.1, 0.15) is 13.8 Å². The van der Waals surface area contributed by atoms with Gasteiger partial charge in [0.15, 0.2) is 11.5 Å². The van der Waals surface area contributed by atoms with Crippen molar-refractivity contribution in [1.82, 2.24) is 40.0 Å². The number of hydrogen-bond acceptors (Lipinski definition) is 7. The first kappa shape index (κ1) is 22.6. The molecule has 2 atom stereocenters. The maximum absolute atomic E-state index is 13.6. The number of ether oxygens (including phenoxy) is 1. The Balaban J connectivity index is 1.30. The van der Waals surface area contributed by atoms with Crippen molar-refractivity contribution in [2.75, 3.05) is 37.7 Å². The van der Waals surface area contributed by atoms with Gasteiger partial charge in [-0.25, -0.2) is 19.3 Å². The zero-order valence-electron chi connectivity index (χ0n) is 20.3. The molecule has 2 saturated heterocycles. The Hall–Kier alpha value is -3.83. The SMILES string of the molecule is CC(C)C1CN(CC2CNCCO2)C(=O)N1c1ccn2ncc(-c3ccc(-c4ncn[nH]4)cc3)c2n1. The second kappa shape index (κ2) is 9.32. The Morgan fingerprint density at radius 2 is 2.00 bits per heavy atom. The molecule has 11 nitrogen and oxygen atoms in total. The second-order valence-electron chi connectivity index (χ2n) is 9.59. The van der Waals surface area contributed by atoms with Crippen molar-refractivity contribution in [2.45, 2.75) is 26.0 Å². The van der Waals surface area contributed by atoms with Gasteiger partial charge in [-0.1, -0.05) is 38.1 Å². The van der Waals surface area contributed by atoms with E-state index in [1.54, 1.807) is 10.7 Å². The normalized spacial score (nSPS) is 20.7. The van der Waals surface area contributed by atoms with E-state index in [2.05, 4.69) is 39.4 Å². The number of nitrogens with one attached hydrogen (secondary N) is 2. The van der Waals surface area contributed by atoms with Crippen molar-refractivity contribution >= 4 is 17.5 Å². The molecule has 1 aromatic carbocycles. The van der Waals surface area contributed by atoms with Crippen molar-refractivity contribution in [2.24, 2.45) is 5.92 Å². The molecule has 2 fully saturated rings. The van der Waals surface area contributed by atoms with Crippen LogP contribution in [0.25, 0.3) is 28.2 Å². The summed E-state index contributed by atoms with van der Waals surface area (Å²) in [6.07, 6.45) is 5.17. The van der Waals surface area contributed by atoms with Crippen LogP contribution in [0.2, 0.25) is 0 Å². The summed E-state index contributed by atoms with van der Waals surface area (Å²) in [5, 5.41) is 14.6. The average Bonchev–Trinajstić information content (AvgIpc) is 3.64. The number of aromatic amines is 1. The number of benzene rings is 1. The number of carbonyl (C=O) groups is 1. The van der Waals surface area contributed by atoms with Crippen LogP contribution in [0.4, 0.5) is 10.6 Å². The monoisotopic (exact) mass is 487 g/mol. The van der Waals surface area contributed by atoms with Crippen LogP contribution in [0.3, 0.4) is 0 Å². The minimum absolute atomic E-state index is 0.00673. The first-order valence-corrected chi connectivity index (χ1v) is 12.3. The van der Waals surface area contributed by atoms with E-state index in [1.165, 1.54) is 6.33 Å². The van der Waals surface area contributed by atoms with Gasteiger partial charge in [0.25, 0.3) is 0 Å². The summed E-state index contributed by atoms with van der Waals surface area (Å²) < 4.78 is 7.60. The van der Waals surface area contributed by atoms with Crippen molar-refractivity contribution in [3.05, 3.63) is 49.1 Å². The topological polar surface area (TPSA) is 117 Å². The van der Waals surface area contributed by atoms with Gasteiger partial charge in [-0.2, -0.15) is 10.2 Å². The maximum atomic E-state index is 13.6. The maximum Gasteiger partial charge on any atom is 0.326 e. The largest absolute Gasteiger partial charge is 0.374 e. The molecule has 6 rings (SSSR count). The summed E-state index contributed by atoms with van der Waals surface area (Å²) in [5.41, 5.74) is 3.52. The van der Waals surface area contributed by atoms with Crippen molar-refractivity contribution in [1.29, 1.82) is 0 Å². The summed E-state index contributed by atoms with van der Waals surface area (Å²) in [5.74, 6) is 1.62. The summed E-state index contributed by atoms with van der Waals surface area (Å²) in [6, 6.07) is 9.87. The molecule has 4 aromatic rings. The quantitative estimate of drug-likeness (QED) is 0.429. The third kappa shape index (κ3) is 4.10. The molecule has 2 unspecified atom stereocenters. The first-order valence-electron chi connectivity index (χ1n) is 12.3. The molecule has 0 radical (unpaired) electrons. The second-order valence-corrected chi connectivity index (χ2v) is 9.59. The van der Waals surface area contributed by atoms with Crippen molar-refractivity contribution < 1.29 is 9.53 Å². The van der Waals surface area contributed by atoms with E-state index in [9.17, 15) is 4.79 Å². The molecule has 0 spiro atoms. The molecule has 2 amide bonds. The van der Waals surface area contributed by atoms with E-state index in [0.29, 0.717) is 37.0 Å². The zero-order chi connectivity index (χ0) is 24.6. The number of nitrogens with zero attached hydrogens (tertiary/aromatic N) is 7. The summed E-state index contributed by atoms with van der Waals surface area (Å²) in [6.45, 7) is 7.80. The predicted octanol–water partition coefficient (Wildman–Crippen LogP) is 2.44. The minimum Gasteiger partial charge on any atom is -0.374 e. The molecule has 5 heterocycles. The Labute approximate surface area is 208 Å². The molecule has 3 aromatic heterocycles. The summed E-state index contributed by atoms with van der Waals surface area (Å²) in [4.78, 5) is 26.5. The molecular formula is C25H29N9O2.